The first-order valence-corrected chi connectivity index (χ1v) is 4.81. The van der Waals surface area contributed by atoms with Crippen molar-refractivity contribution in [3.63, 3.8) is 0 Å². The van der Waals surface area contributed by atoms with Crippen molar-refractivity contribution < 1.29 is 4.79 Å². The fraction of sp³-hybridized carbons (Fsp3) is 0.429. The summed E-state index contributed by atoms with van der Waals surface area (Å²) in [6.07, 6.45) is 1.72. The maximum Gasteiger partial charge on any atom is 0.231 e. The number of rotatable bonds is 5. The summed E-state index contributed by atoms with van der Waals surface area (Å²) in [5.41, 5.74) is 7.51. The smallest absolute Gasteiger partial charge is 0.231 e. The molecule has 1 rings (SSSR count). The van der Waals surface area contributed by atoms with Crippen LogP contribution in [0.5, 0.6) is 0 Å². The molecule has 0 bridgehead atoms. The van der Waals surface area contributed by atoms with E-state index in [4.69, 9.17) is 11.6 Å². The summed E-state index contributed by atoms with van der Waals surface area (Å²) >= 11 is 1.45. The first kappa shape index (κ1) is 10.9. The van der Waals surface area contributed by atoms with Gasteiger partial charge in [0.05, 0.1) is 6.54 Å². The first-order valence-electron chi connectivity index (χ1n) is 4.00. The van der Waals surface area contributed by atoms with E-state index in [-0.39, 0.29) is 12.5 Å². The van der Waals surface area contributed by atoms with Crippen molar-refractivity contribution >= 4 is 22.4 Å². The summed E-state index contributed by atoms with van der Waals surface area (Å²) in [5, 5.41) is 0.660. The standard InChI is InChI=1S/C7H13N5OS/c1-12(4-6(8)13)3-5-2-10-7(11-9)14-5/h2H,3-4,9H2,1H3,(H2,8,13)(H,10,11). The lowest BCUT2D eigenvalue weighted by Gasteiger charge is -2.11. The SMILES string of the molecule is CN(CC(N)=O)Cc1cnc(NN)s1. The van der Waals surface area contributed by atoms with Gasteiger partial charge in [-0.15, -0.1) is 0 Å². The van der Waals surface area contributed by atoms with Crippen molar-refractivity contribution in [2.45, 2.75) is 6.54 Å². The van der Waals surface area contributed by atoms with E-state index in [9.17, 15) is 4.79 Å². The topological polar surface area (TPSA) is 97.3 Å². The van der Waals surface area contributed by atoms with Gasteiger partial charge in [0.2, 0.25) is 5.91 Å². The van der Waals surface area contributed by atoms with Crippen molar-refractivity contribution in [2.75, 3.05) is 19.0 Å². The summed E-state index contributed by atoms with van der Waals surface area (Å²) in [7, 11) is 1.82. The highest BCUT2D eigenvalue weighted by Gasteiger charge is 2.06. The minimum Gasteiger partial charge on any atom is -0.369 e. The summed E-state index contributed by atoms with van der Waals surface area (Å²) in [5.74, 6) is 4.85. The molecule has 0 aliphatic carbocycles. The van der Waals surface area contributed by atoms with Gasteiger partial charge in [0.15, 0.2) is 5.13 Å². The summed E-state index contributed by atoms with van der Waals surface area (Å²) in [6.45, 7) is 0.881. The zero-order chi connectivity index (χ0) is 10.6. The Balaban J connectivity index is 2.47. The third-order valence-corrected chi connectivity index (χ3v) is 2.44. The second kappa shape index (κ2) is 4.89. The number of aromatic nitrogens is 1. The van der Waals surface area contributed by atoms with Crippen LogP contribution in [0.15, 0.2) is 6.20 Å². The van der Waals surface area contributed by atoms with E-state index < -0.39 is 0 Å². The fourth-order valence-electron chi connectivity index (χ4n) is 1.04. The zero-order valence-corrected chi connectivity index (χ0v) is 8.67. The zero-order valence-electron chi connectivity index (χ0n) is 7.86. The van der Waals surface area contributed by atoms with Crippen LogP contribution in [0, 0.1) is 0 Å². The van der Waals surface area contributed by atoms with Crippen molar-refractivity contribution in [1.29, 1.82) is 0 Å². The number of hydrogen-bond donors (Lipinski definition) is 3. The van der Waals surface area contributed by atoms with E-state index in [1.54, 1.807) is 6.20 Å². The van der Waals surface area contributed by atoms with Crippen molar-refractivity contribution in [2.24, 2.45) is 11.6 Å². The van der Waals surface area contributed by atoms with Gasteiger partial charge >= 0.3 is 0 Å². The molecule has 0 saturated heterocycles. The van der Waals surface area contributed by atoms with Crippen LogP contribution in [0.1, 0.15) is 4.88 Å². The number of anilines is 1. The second-order valence-electron chi connectivity index (χ2n) is 2.91. The minimum atomic E-state index is -0.339. The number of nitrogens with zero attached hydrogens (tertiary/aromatic N) is 2. The summed E-state index contributed by atoms with van der Waals surface area (Å²) in [6, 6.07) is 0. The van der Waals surface area contributed by atoms with Gasteiger partial charge in [0.1, 0.15) is 0 Å². The van der Waals surface area contributed by atoms with Crippen LogP contribution in [0.25, 0.3) is 0 Å². The monoisotopic (exact) mass is 215 g/mol. The normalized spacial score (nSPS) is 10.5. The highest BCUT2D eigenvalue weighted by molar-refractivity contribution is 7.15. The molecular weight excluding hydrogens is 202 g/mol. The molecule has 6 nitrogen and oxygen atoms in total. The van der Waals surface area contributed by atoms with E-state index in [0.29, 0.717) is 11.7 Å². The first-order chi connectivity index (χ1) is 6.61. The van der Waals surface area contributed by atoms with Crippen LogP contribution in [0.3, 0.4) is 0 Å². The number of primary amides is 1. The molecule has 0 aromatic carbocycles. The highest BCUT2D eigenvalue weighted by Crippen LogP contribution is 2.17. The van der Waals surface area contributed by atoms with Crippen LogP contribution in [0.2, 0.25) is 0 Å². The molecule has 0 fully saturated rings. The number of nitrogen functional groups attached to an aromatic ring is 1. The molecule has 78 valence electrons. The largest absolute Gasteiger partial charge is 0.369 e. The van der Waals surface area contributed by atoms with E-state index >= 15 is 0 Å². The molecular formula is C7H13N5OS. The van der Waals surface area contributed by atoms with E-state index in [1.165, 1.54) is 11.3 Å². The van der Waals surface area contributed by atoms with Crippen LogP contribution in [0.4, 0.5) is 5.13 Å². The molecule has 0 aliphatic rings. The molecule has 1 heterocycles. The number of carbonyl (C=O) groups is 1. The number of hydrogen-bond acceptors (Lipinski definition) is 6. The number of carbonyl (C=O) groups excluding carboxylic acids is 1. The highest BCUT2D eigenvalue weighted by atomic mass is 32.1. The molecule has 1 aromatic heterocycles. The number of hydrazine groups is 1. The fourth-order valence-corrected chi connectivity index (χ4v) is 1.84. The van der Waals surface area contributed by atoms with Crippen LogP contribution < -0.4 is 17.0 Å². The molecule has 0 saturated carbocycles. The van der Waals surface area contributed by atoms with Crippen molar-refractivity contribution in [3.05, 3.63) is 11.1 Å². The van der Waals surface area contributed by atoms with Crippen LogP contribution in [-0.2, 0) is 11.3 Å². The summed E-state index contributed by atoms with van der Waals surface area (Å²) in [4.78, 5) is 17.4. The Hall–Kier alpha value is -1.18. The molecule has 5 N–H and O–H groups in total. The van der Waals surface area contributed by atoms with Crippen LogP contribution in [-0.4, -0.2) is 29.4 Å². The van der Waals surface area contributed by atoms with E-state index in [0.717, 1.165) is 4.88 Å². The average Bonchev–Trinajstić information content (AvgIpc) is 2.50. The maximum atomic E-state index is 10.6. The van der Waals surface area contributed by atoms with Crippen molar-refractivity contribution in [1.82, 2.24) is 9.88 Å². The van der Waals surface area contributed by atoms with Gasteiger partial charge in [-0.25, -0.2) is 10.8 Å². The lowest BCUT2D eigenvalue weighted by molar-refractivity contribution is -0.118. The van der Waals surface area contributed by atoms with Crippen molar-refractivity contribution in [3.8, 4) is 0 Å². The average molecular weight is 215 g/mol. The predicted molar refractivity (Wildman–Crippen MR) is 55.5 cm³/mol. The van der Waals surface area contributed by atoms with Gasteiger partial charge < -0.3 is 5.73 Å². The number of nitrogens with two attached hydrogens (primary N) is 2. The molecule has 7 heteroatoms. The molecule has 1 amide bonds. The number of amides is 1. The van der Waals surface area contributed by atoms with Gasteiger partial charge in [-0.1, -0.05) is 11.3 Å². The maximum absolute atomic E-state index is 10.6. The quantitative estimate of drug-likeness (QED) is 0.448. The molecule has 1 aromatic rings. The van der Waals surface area contributed by atoms with Gasteiger partial charge in [0, 0.05) is 17.6 Å². The third-order valence-electron chi connectivity index (χ3n) is 1.53. The Morgan fingerprint density at radius 3 is 3.00 bits per heavy atom. The molecule has 0 radical (unpaired) electrons. The van der Waals surface area contributed by atoms with Gasteiger partial charge in [-0.05, 0) is 7.05 Å². The van der Waals surface area contributed by atoms with Crippen LogP contribution >= 0.6 is 11.3 Å². The molecule has 14 heavy (non-hydrogen) atoms. The van der Waals surface area contributed by atoms with Gasteiger partial charge in [-0.3, -0.25) is 15.1 Å². The number of nitrogens with one attached hydrogen (secondary N) is 1. The Morgan fingerprint density at radius 1 is 1.79 bits per heavy atom. The van der Waals surface area contributed by atoms with Gasteiger partial charge in [-0.2, -0.15) is 0 Å². The number of likely N-dealkylation sites (N-methyl/N-ethyl adjacent to an activating group) is 1. The Labute approximate surface area is 85.9 Å². The summed E-state index contributed by atoms with van der Waals surface area (Å²) < 4.78 is 0. The molecule has 0 unspecified atom stereocenters. The molecule has 0 aliphatic heterocycles. The third kappa shape index (κ3) is 3.29. The number of thiazole rings is 1. The minimum absolute atomic E-state index is 0.239. The predicted octanol–water partition coefficient (Wildman–Crippen LogP) is -0.654. The Bertz CT molecular complexity index is 313. The van der Waals surface area contributed by atoms with E-state index in [2.05, 4.69) is 10.4 Å². The van der Waals surface area contributed by atoms with Gasteiger partial charge in [0.25, 0.3) is 0 Å². The second-order valence-corrected chi connectivity index (χ2v) is 4.03. The van der Waals surface area contributed by atoms with E-state index in [1.807, 2.05) is 11.9 Å². The lowest BCUT2D eigenvalue weighted by atomic mass is 10.4. The lowest BCUT2D eigenvalue weighted by Crippen LogP contribution is -2.29. The molecule has 0 spiro atoms. The Kier molecular flexibility index (Phi) is 3.81. The Morgan fingerprint density at radius 2 is 2.50 bits per heavy atom. The molecule has 0 atom stereocenters.